The molecule has 0 aliphatic heterocycles. The maximum atomic E-state index is 11.4. The average Bonchev–Trinajstić information content (AvgIpc) is 2.51. The quantitative estimate of drug-likeness (QED) is 0.653. The fourth-order valence-electron chi connectivity index (χ4n) is 2.95. The third kappa shape index (κ3) is 1.79. The van der Waals surface area contributed by atoms with Crippen LogP contribution in [0, 0.1) is 17.3 Å². The second kappa shape index (κ2) is 3.81. The van der Waals surface area contributed by atoms with Gasteiger partial charge in [-0.3, -0.25) is 4.79 Å². The fourth-order valence-corrected chi connectivity index (χ4v) is 2.95. The topological polar surface area (TPSA) is 17.1 Å². The minimum Gasteiger partial charge on any atom is -0.300 e. The lowest BCUT2D eigenvalue weighted by Gasteiger charge is -2.38. The van der Waals surface area contributed by atoms with Gasteiger partial charge >= 0.3 is 0 Å². The largest absolute Gasteiger partial charge is 0.300 e. The normalized spacial score (nSPS) is 23.5. The number of hydrogen-bond acceptors (Lipinski definition) is 1. The first-order chi connectivity index (χ1) is 6.00. The van der Waals surface area contributed by atoms with Gasteiger partial charge < -0.3 is 0 Å². The molecule has 0 bridgehead atoms. The highest BCUT2D eigenvalue weighted by Gasteiger charge is 2.43. The molecule has 0 saturated heterocycles. The molecule has 1 heteroatoms. The highest BCUT2D eigenvalue weighted by atomic mass is 16.1. The van der Waals surface area contributed by atoms with E-state index in [1.807, 2.05) is 0 Å². The fraction of sp³-hybridized carbons (Fsp3) is 0.917. The van der Waals surface area contributed by atoms with Crippen molar-refractivity contribution in [3.8, 4) is 0 Å². The Balaban J connectivity index is 2.84. The Morgan fingerprint density at radius 1 is 1.15 bits per heavy atom. The number of carbonyl (C=O) groups excluding carboxylic acids is 1. The van der Waals surface area contributed by atoms with Gasteiger partial charge in [0.1, 0.15) is 5.78 Å². The minimum atomic E-state index is 0.259. The third-order valence-electron chi connectivity index (χ3n) is 4.16. The molecule has 1 saturated carbocycles. The van der Waals surface area contributed by atoms with Crippen molar-refractivity contribution < 1.29 is 4.79 Å². The average molecular weight is 182 g/mol. The summed E-state index contributed by atoms with van der Waals surface area (Å²) in [4.78, 5) is 11.4. The van der Waals surface area contributed by atoms with Crippen LogP contribution < -0.4 is 0 Å². The van der Waals surface area contributed by atoms with E-state index in [2.05, 4.69) is 20.8 Å². The summed E-state index contributed by atoms with van der Waals surface area (Å²) in [5, 5.41) is 0. The van der Waals surface area contributed by atoms with Crippen LogP contribution >= 0.6 is 0 Å². The van der Waals surface area contributed by atoms with E-state index in [-0.39, 0.29) is 5.92 Å². The van der Waals surface area contributed by atoms with Crippen molar-refractivity contribution in [1.29, 1.82) is 0 Å². The number of ketones is 1. The van der Waals surface area contributed by atoms with Gasteiger partial charge in [0.2, 0.25) is 0 Å². The van der Waals surface area contributed by atoms with Gasteiger partial charge in [-0.25, -0.2) is 0 Å². The molecule has 1 unspecified atom stereocenters. The SMILES string of the molecule is CC(=O)C(C)C1(C(C)C)CCCC1. The van der Waals surface area contributed by atoms with E-state index in [1.54, 1.807) is 6.92 Å². The Labute approximate surface area is 81.9 Å². The summed E-state index contributed by atoms with van der Waals surface area (Å²) in [6.45, 7) is 8.40. The van der Waals surface area contributed by atoms with Crippen LogP contribution in [-0.2, 0) is 4.79 Å². The third-order valence-corrected chi connectivity index (χ3v) is 4.16. The summed E-state index contributed by atoms with van der Waals surface area (Å²) in [6.07, 6.45) is 5.14. The van der Waals surface area contributed by atoms with Crippen LogP contribution in [0.3, 0.4) is 0 Å². The van der Waals surface area contributed by atoms with E-state index < -0.39 is 0 Å². The molecule has 0 heterocycles. The maximum absolute atomic E-state index is 11.4. The van der Waals surface area contributed by atoms with Crippen LogP contribution in [0.25, 0.3) is 0 Å². The summed E-state index contributed by atoms with van der Waals surface area (Å²) in [5.41, 5.74) is 0.325. The van der Waals surface area contributed by atoms with E-state index in [1.165, 1.54) is 25.7 Å². The number of rotatable bonds is 3. The lowest BCUT2D eigenvalue weighted by atomic mass is 9.66. The van der Waals surface area contributed by atoms with Crippen LogP contribution in [0.5, 0.6) is 0 Å². The first kappa shape index (κ1) is 10.7. The predicted octanol–water partition coefficient (Wildman–Crippen LogP) is 3.43. The van der Waals surface area contributed by atoms with Crippen LogP contribution in [0.4, 0.5) is 0 Å². The number of hydrogen-bond donors (Lipinski definition) is 0. The Morgan fingerprint density at radius 3 is 1.92 bits per heavy atom. The highest BCUT2D eigenvalue weighted by molar-refractivity contribution is 5.78. The molecule has 0 spiro atoms. The summed E-state index contributed by atoms with van der Waals surface area (Å²) >= 11 is 0. The van der Waals surface area contributed by atoms with Gasteiger partial charge in [-0.1, -0.05) is 33.6 Å². The predicted molar refractivity (Wildman–Crippen MR) is 55.6 cm³/mol. The van der Waals surface area contributed by atoms with Gasteiger partial charge in [0.25, 0.3) is 0 Å². The van der Waals surface area contributed by atoms with E-state index in [0.29, 0.717) is 17.1 Å². The Kier molecular flexibility index (Phi) is 3.15. The molecule has 1 nitrogen and oxygen atoms in total. The number of carbonyl (C=O) groups is 1. The summed E-state index contributed by atoms with van der Waals surface area (Å²) in [5.74, 6) is 1.28. The molecule has 0 aromatic heterocycles. The first-order valence-corrected chi connectivity index (χ1v) is 5.51. The molecular weight excluding hydrogens is 160 g/mol. The minimum absolute atomic E-state index is 0.259. The molecule has 1 rings (SSSR count). The molecular formula is C12H22O. The second-order valence-corrected chi connectivity index (χ2v) is 4.93. The van der Waals surface area contributed by atoms with Gasteiger partial charge in [-0.2, -0.15) is 0 Å². The van der Waals surface area contributed by atoms with Gasteiger partial charge in [0.05, 0.1) is 0 Å². The summed E-state index contributed by atoms with van der Waals surface area (Å²) in [6, 6.07) is 0. The number of Topliss-reactive ketones (excluding diaryl/α,β-unsaturated/α-hetero) is 1. The van der Waals surface area contributed by atoms with Crippen molar-refractivity contribution in [3.63, 3.8) is 0 Å². The van der Waals surface area contributed by atoms with Crippen molar-refractivity contribution >= 4 is 5.78 Å². The molecule has 0 N–H and O–H groups in total. The Morgan fingerprint density at radius 2 is 1.62 bits per heavy atom. The molecule has 0 radical (unpaired) electrons. The van der Waals surface area contributed by atoms with Crippen molar-refractivity contribution in [3.05, 3.63) is 0 Å². The van der Waals surface area contributed by atoms with Gasteiger partial charge in [0, 0.05) is 5.92 Å². The lowest BCUT2D eigenvalue weighted by Crippen LogP contribution is -2.35. The van der Waals surface area contributed by atoms with Gasteiger partial charge in [0.15, 0.2) is 0 Å². The van der Waals surface area contributed by atoms with E-state index in [9.17, 15) is 4.79 Å². The van der Waals surface area contributed by atoms with E-state index in [0.717, 1.165) is 0 Å². The standard InChI is InChI=1S/C12H22O/c1-9(2)12(7-5-6-8-12)10(3)11(4)13/h9-10H,5-8H2,1-4H3. The smallest absolute Gasteiger partial charge is 0.133 e. The molecule has 1 atom stereocenters. The molecule has 1 aliphatic rings. The van der Waals surface area contributed by atoms with Crippen molar-refractivity contribution in [1.82, 2.24) is 0 Å². The summed E-state index contributed by atoms with van der Waals surface area (Å²) < 4.78 is 0. The van der Waals surface area contributed by atoms with Gasteiger partial charge in [-0.05, 0) is 31.1 Å². The van der Waals surface area contributed by atoms with Crippen LogP contribution in [0.2, 0.25) is 0 Å². The van der Waals surface area contributed by atoms with Crippen LogP contribution in [0.15, 0.2) is 0 Å². The van der Waals surface area contributed by atoms with Crippen molar-refractivity contribution in [2.75, 3.05) is 0 Å². The van der Waals surface area contributed by atoms with Gasteiger partial charge in [-0.15, -0.1) is 0 Å². The second-order valence-electron chi connectivity index (χ2n) is 4.93. The van der Waals surface area contributed by atoms with E-state index in [4.69, 9.17) is 0 Å². The zero-order valence-electron chi connectivity index (χ0n) is 9.39. The zero-order chi connectivity index (χ0) is 10.1. The first-order valence-electron chi connectivity index (χ1n) is 5.51. The Bertz CT molecular complexity index is 187. The molecule has 13 heavy (non-hydrogen) atoms. The highest BCUT2D eigenvalue weighted by Crippen LogP contribution is 2.49. The van der Waals surface area contributed by atoms with Crippen molar-refractivity contribution in [2.24, 2.45) is 17.3 Å². The monoisotopic (exact) mass is 182 g/mol. The zero-order valence-corrected chi connectivity index (χ0v) is 9.39. The molecule has 76 valence electrons. The van der Waals surface area contributed by atoms with Crippen LogP contribution in [0.1, 0.15) is 53.4 Å². The van der Waals surface area contributed by atoms with Crippen LogP contribution in [-0.4, -0.2) is 5.78 Å². The molecule has 1 aliphatic carbocycles. The molecule has 1 fully saturated rings. The maximum Gasteiger partial charge on any atom is 0.133 e. The lowest BCUT2D eigenvalue weighted by molar-refractivity contribution is -0.125. The van der Waals surface area contributed by atoms with Crippen molar-refractivity contribution in [2.45, 2.75) is 53.4 Å². The summed E-state index contributed by atoms with van der Waals surface area (Å²) in [7, 11) is 0. The Hall–Kier alpha value is -0.330. The molecule has 0 aromatic carbocycles. The molecule has 0 aromatic rings. The van der Waals surface area contributed by atoms with E-state index >= 15 is 0 Å². The molecule has 0 amide bonds.